The maximum Gasteiger partial charge on any atom is 0.347 e. The molecule has 0 aliphatic heterocycles. The van der Waals surface area contributed by atoms with Crippen molar-refractivity contribution in [2.24, 2.45) is 0 Å². The van der Waals surface area contributed by atoms with E-state index >= 15 is 0 Å². The number of hydrogen-bond acceptors (Lipinski definition) is 3. The van der Waals surface area contributed by atoms with Gasteiger partial charge in [-0.2, -0.15) is 0 Å². The number of rotatable bonds is 15. The van der Waals surface area contributed by atoms with Crippen LogP contribution in [0.5, 0.6) is 5.75 Å². The minimum absolute atomic E-state index is 0.244. The molecule has 0 amide bonds. The summed E-state index contributed by atoms with van der Waals surface area (Å²) in [6.07, 6.45) is 13.1. The second-order valence-corrected chi connectivity index (χ2v) is 7.09. The van der Waals surface area contributed by atoms with Gasteiger partial charge in [0.05, 0.1) is 6.61 Å². The maximum atomic E-state index is 12.2. The predicted octanol–water partition coefficient (Wildman–Crippen LogP) is 6.62. The van der Waals surface area contributed by atoms with E-state index in [1.807, 2.05) is 38.1 Å². The third kappa shape index (κ3) is 9.84. The van der Waals surface area contributed by atoms with E-state index in [-0.39, 0.29) is 5.97 Å². The van der Waals surface area contributed by atoms with E-state index in [9.17, 15) is 4.79 Å². The molecule has 0 aromatic heterocycles. The highest BCUT2D eigenvalue weighted by Gasteiger charge is 2.21. The SMILES string of the molecule is CCCCCCCCCCCCC(Oc1ccccc1C)C(=O)OCC. The highest BCUT2D eigenvalue weighted by molar-refractivity contribution is 5.75. The molecule has 0 aliphatic rings. The van der Waals surface area contributed by atoms with Crippen LogP contribution in [0.4, 0.5) is 0 Å². The van der Waals surface area contributed by atoms with Gasteiger partial charge in [0, 0.05) is 0 Å². The van der Waals surface area contributed by atoms with Crippen LogP contribution in [0.1, 0.15) is 90.0 Å². The van der Waals surface area contributed by atoms with Crippen molar-refractivity contribution in [3.05, 3.63) is 29.8 Å². The van der Waals surface area contributed by atoms with Gasteiger partial charge in [0.2, 0.25) is 0 Å². The van der Waals surface area contributed by atoms with E-state index in [0.717, 1.165) is 30.6 Å². The fourth-order valence-electron chi connectivity index (χ4n) is 3.12. The van der Waals surface area contributed by atoms with Crippen molar-refractivity contribution in [2.45, 2.75) is 97.5 Å². The topological polar surface area (TPSA) is 35.5 Å². The zero-order chi connectivity index (χ0) is 19.0. The molecule has 3 nitrogen and oxygen atoms in total. The standard InChI is InChI=1S/C23H38O3/c1-4-6-7-8-9-10-11-12-13-14-19-22(23(24)25-5-2)26-21-18-16-15-17-20(21)3/h15-18,22H,4-14,19H2,1-3H3. The number of aryl methyl sites for hydroxylation is 1. The zero-order valence-electron chi connectivity index (χ0n) is 17.1. The van der Waals surface area contributed by atoms with Gasteiger partial charge < -0.3 is 9.47 Å². The first-order chi connectivity index (χ1) is 12.7. The third-order valence-corrected chi connectivity index (χ3v) is 4.73. The van der Waals surface area contributed by atoms with Crippen LogP contribution in [-0.4, -0.2) is 18.7 Å². The minimum Gasteiger partial charge on any atom is -0.478 e. The molecule has 0 heterocycles. The molecule has 1 atom stereocenters. The Morgan fingerprint density at radius 3 is 2.04 bits per heavy atom. The molecular weight excluding hydrogens is 324 g/mol. The Hall–Kier alpha value is -1.51. The molecule has 3 heteroatoms. The van der Waals surface area contributed by atoms with Crippen LogP contribution in [0.15, 0.2) is 24.3 Å². The maximum absolute atomic E-state index is 12.2. The van der Waals surface area contributed by atoms with Crippen molar-refractivity contribution in [1.82, 2.24) is 0 Å². The molecule has 0 bridgehead atoms. The second kappa shape index (κ2) is 14.6. The summed E-state index contributed by atoms with van der Waals surface area (Å²) < 4.78 is 11.2. The summed E-state index contributed by atoms with van der Waals surface area (Å²) in [7, 11) is 0. The van der Waals surface area contributed by atoms with Crippen molar-refractivity contribution in [3.63, 3.8) is 0 Å². The van der Waals surface area contributed by atoms with Crippen molar-refractivity contribution in [2.75, 3.05) is 6.61 Å². The van der Waals surface area contributed by atoms with Crippen LogP contribution in [0, 0.1) is 6.92 Å². The number of para-hydroxylation sites is 1. The first-order valence-corrected chi connectivity index (χ1v) is 10.6. The molecule has 1 aromatic rings. The summed E-state index contributed by atoms with van der Waals surface area (Å²) in [6.45, 7) is 6.48. The summed E-state index contributed by atoms with van der Waals surface area (Å²) >= 11 is 0. The van der Waals surface area contributed by atoms with E-state index in [4.69, 9.17) is 9.47 Å². The van der Waals surface area contributed by atoms with Gasteiger partial charge in [-0.05, 0) is 38.3 Å². The summed E-state index contributed by atoms with van der Waals surface area (Å²) in [6, 6.07) is 7.83. The van der Waals surface area contributed by atoms with Crippen molar-refractivity contribution >= 4 is 5.97 Å². The second-order valence-electron chi connectivity index (χ2n) is 7.09. The van der Waals surface area contributed by atoms with Crippen LogP contribution >= 0.6 is 0 Å². The van der Waals surface area contributed by atoms with Crippen LogP contribution in [-0.2, 0) is 9.53 Å². The van der Waals surface area contributed by atoms with E-state index in [1.54, 1.807) is 0 Å². The van der Waals surface area contributed by atoms with Gasteiger partial charge in [0.1, 0.15) is 5.75 Å². The smallest absolute Gasteiger partial charge is 0.347 e. The fourth-order valence-corrected chi connectivity index (χ4v) is 3.12. The van der Waals surface area contributed by atoms with E-state index in [1.165, 1.54) is 51.4 Å². The molecule has 0 saturated carbocycles. The first kappa shape index (κ1) is 22.5. The molecule has 0 aliphatic carbocycles. The Morgan fingerprint density at radius 2 is 1.46 bits per heavy atom. The molecule has 1 aromatic carbocycles. The van der Waals surface area contributed by atoms with Crippen LogP contribution in [0.2, 0.25) is 0 Å². The van der Waals surface area contributed by atoms with Crippen LogP contribution < -0.4 is 4.74 Å². The lowest BCUT2D eigenvalue weighted by atomic mass is 10.0. The van der Waals surface area contributed by atoms with E-state index in [0.29, 0.717) is 6.61 Å². The van der Waals surface area contributed by atoms with Gasteiger partial charge in [-0.15, -0.1) is 0 Å². The fraction of sp³-hybridized carbons (Fsp3) is 0.696. The molecule has 148 valence electrons. The Bertz CT molecular complexity index is 484. The van der Waals surface area contributed by atoms with Crippen molar-refractivity contribution in [3.8, 4) is 5.75 Å². The average molecular weight is 363 g/mol. The number of carbonyl (C=O) groups excluding carboxylic acids is 1. The van der Waals surface area contributed by atoms with Gasteiger partial charge in [0.25, 0.3) is 0 Å². The monoisotopic (exact) mass is 362 g/mol. The summed E-state index contributed by atoms with van der Waals surface area (Å²) in [4.78, 5) is 12.2. The summed E-state index contributed by atoms with van der Waals surface area (Å²) in [5.74, 6) is 0.532. The quantitative estimate of drug-likeness (QED) is 0.260. The number of carbonyl (C=O) groups is 1. The number of unbranched alkanes of at least 4 members (excludes halogenated alkanes) is 9. The van der Waals surface area contributed by atoms with E-state index < -0.39 is 6.10 Å². The van der Waals surface area contributed by atoms with Crippen molar-refractivity contribution < 1.29 is 14.3 Å². The van der Waals surface area contributed by atoms with E-state index in [2.05, 4.69) is 6.92 Å². The number of ether oxygens (including phenoxy) is 2. The Morgan fingerprint density at radius 1 is 0.885 bits per heavy atom. The highest BCUT2D eigenvalue weighted by Crippen LogP contribution is 2.21. The normalized spacial score (nSPS) is 12.0. The van der Waals surface area contributed by atoms with Gasteiger partial charge in [-0.1, -0.05) is 82.9 Å². The van der Waals surface area contributed by atoms with Gasteiger partial charge in [0.15, 0.2) is 6.10 Å². The molecular formula is C23H38O3. The molecule has 0 radical (unpaired) electrons. The largest absolute Gasteiger partial charge is 0.478 e. The summed E-state index contributed by atoms with van der Waals surface area (Å²) in [5, 5.41) is 0. The number of esters is 1. The Kier molecular flexibility index (Phi) is 12.7. The Labute approximate surface area is 160 Å². The molecule has 0 spiro atoms. The summed E-state index contributed by atoms with van der Waals surface area (Å²) in [5.41, 5.74) is 1.05. The van der Waals surface area contributed by atoms with Gasteiger partial charge >= 0.3 is 5.97 Å². The highest BCUT2D eigenvalue weighted by atomic mass is 16.6. The predicted molar refractivity (Wildman–Crippen MR) is 109 cm³/mol. The molecule has 26 heavy (non-hydrogen) atoms. The third-order valence-electron chi connectivity index (χ3n) is 4.73. The molecule has 0 N–H and O–H groups in total. The zero-order valence-corrected chi connectivity index (χ0v) is 17.1. The van der Waals surface area contributed by atoms with Gasteiger partial charge in [-0.25, -0.2) is 4.79 Å². The number of hydrogen-bond donors (Lipinski definition) is 0. The lowest BCUT2D eigenvalue weighted by Gasteiger charge is -2.19. The lowest BCUT2D eigenvalue weighted by Crippen LogP contribution is -2.29. The molecule has 0 fully saturated rings. The first-order valence-electron chi connectivity index (χ1n) is 10.6. The van der Waals surface area contributed by atoms with Crippen LogP contribution in [0.3, 0.4) is 0 Å². The number of benzene rings is 1. The molecule has 1 rings (SSSR count). The molecule has 0 saturated heterocycles. The Balaban J connectivity index is 2.27. The molecule has 1 unspecified atom stereocenters. The van der Waals surface area contributed by atoms with Crippen molar-refractivity contribution in [1.29, 1.82) is 0 Å². The van der Waals surface area contributed by atoms with Crippen LogP contribution in [0.25, 0.3) is 0 Å². The van der Waals surface area contributed by atoms with Gasteiger partial charge in [-0.3, -0.25) is 0 Å². The average Bonchev–Trinajstić information content (AvgIpc) is 2.64. The minimum atomic E-state index is -0.495. The lowest BCUT2D eigenvalue weighted by molar-refractivity contribution is -0.151.